The molecule has 22 heavy (non-hydrogen) atoms. The van der Waals surface area contributed by atoms with Crippen molar-refractivity contribution < 1.29 is 23.8 Å². The summed E-state index contributed by atoms with van der Waals surface area (Å²) in [7, 11) is 2.81. The summed E-state index contributed by atoms with van der Waals surface area (Å²) in [5, 5.41) is 0.516. The molecule has 0 atom stereocenters. The third-order valence-corrected chi connectivity index (χ3v) is 3.15. The van der Waals surface area contributed by atoms with Crippen LogP contribution >= 0.6 is 11.6 Å². The molecule has 0 saturated carbocycles. The molecule has 0 radical (unpaired) electrons. The summed E-state index contributed by atoms with van der Waals surface area (Å²) in [4.78, 5) is 23.1. The number of rotatable bonds is 5. The zero-order valence-electron chi connectivity index (χ0n) is 12.0. The highest BCUT2D eigenvalue weighted by Gasteiger charge is 2.18. The van der Waals surface area contributed by atoms with Crippen LogP contribution in [0.5, 0.6) is 17.2 Å². The first-order valence-electron chi connectivity index (χ1n) is 6.28. The lowest BCUT2D eigenvalue weighted by Crippen LogP contribution is -2.10. The molecule has 0 fully saturated rings. The summed E-state index contributed by atoms with van der Waals surface area (Å²) in [5.74, 6) is -0.0322. The highest BCUT2D eigenvalue weighted by molar-refractivity contribution is 6.30. The van der Waals surface area contributed by atoms with Gasteiger partial charge in [0.1, 0.15) is 6.29 Å². The maximum absolute atomic E-state index is 12.2. The number of benzene rings is 2. The van der Waals surface area contributed by atoms with Crippen LogP contribution in [0.15, 0.2) is 36.4 Å². The van der Waals surface area contributed by atoms with E-state index in [9.17, 15) is 9.59 Å². The molecule has 0 heterocycles. The molecule has 0 saturated heterocycles. The van der Waals surface area contributed by atoms with Gasteiger partial charge in [0.15, 0.2) is 11.5 Å². The minimum Gasteiger partial charge on any atom is -0.493 e. The molecule has 5 nitrogen and oxygen atoms in total. The highest BCUT2D eigenvalue weighted by atomic mass is 35.5. The van der Waals surface area contributed by atoms with Crippen molar-refractivity contribution in [2.24, 2.45) is 0 Å². The number of halogens is 1. The van der Waals surface area contributed by atoms with Gasteiger partial charge < -0.3 is 14.2 Å². The van der Waals surface area contributed by atoms with E-state index in [-0.39, 0.29) is 17.2 Å². The maximum Gasteiger partial charge on any atom is 0.343 e. The fourth-order valence-electron chi connectivity index (χ4n) is 1.81. The van der Waals surface area contributed by atoms with Crippen molar-refractivity contribution in [2.45, 2.75) is 0 Å². The van der Waals surface area contributed by atoms with E-state index in [1.165, 1.54) is 26.4 Å². The van der Waals surface area contributed by atoms with Crippen LogP contribution in [0.1, 0.15) is 20.7 Å². The van der Waals surface area contributed by atoms with E-state index in [0.717, 1.165) is 0 Å². The van der Waals surface area contributed by atoms with E-state index in [1.54, 1.807) is 24.3 Å². The van der Waals surface area contributed by atoms with Crippen molar-refractivity contribution in [1.29, 1.82) is 0 Å². The van der Waals surface area contributed by atoms with E-state index >= 15 is 0 Å². The molecule has 0 aromatic heterocycles. The largest absolute Gasteiger partial charge is 0.493 e. The van der Waals surface area contributed by atoms with Crippen LogP contribution in [-0.2, 0) is 0 Å². The molecule has 0 aliphatic carbocycles. The average molecular weight is 321 g/mol. The molecule has 0 spiro atoms. The molecule has 6 heteroatoms. The Kier molecular flexibility index (Phi) is 5.01. The van der Waals surface area contributed by atoms with Gasteiger partial charge in [-0.05, 0) is 36.4 Å². The van der Waals surface area contributed by atoms with Gasteiger partial charge in [0, 0.05) is 10.6 Å². The van der Waals surface area contributed by atoms with Crippen LogP contribution in [0.4, 0.5) is 0 Å². The first-order valence-corrected chi connectivity index (χ1v) is 6.65. The van der Waals surface area contributed by atoms with Gasteiger partial charge in [0.05, 0.1) is 19.8 Å². The molecule has 0 aliphatic heterocycles. The van der Waals surface area contributed by atoms with Crippen molar-refractivity contribution in [2.75, 3.05) is 14.2 Å². The minimum atomic E-state index is -0.591. The molecule has 2 aromatic rings. The number of aldehydes is 1. The Bertz CT molecular complexity index is 669. The number of hydrogen-bond donors (Lipinski definition) is 0. The number of methoxy groups -OCH3 is 2. The molecule has 0 aliphatic rings. The molecular formula is C16H13ClO5. The van der Waals surface area contributed by atoms with Crippen LogP contribution < -0.4 is 14.2 Å². The smallest absolute Gasteiger partial charge is 0.343 e. The van der Waals surface area contributed by atoms with Crippen LogP contribution in [0.3, 0.4) is 0 Å². The Morgan fingerprint density at radius 1 is 1.05 bits per heavy atom. The highest BCUT2D eigenvalue weighted by Crippen LogP contribution is 2.38. The van der Waals surface area contributed by atoms with E-state index in [0.29, 0.717) is 22.4 Å². The summed E-state index contributed by atoms with van der Waals surface area (Å²) in [6, 6.07) is 9.18. The number of carbonyl (C=O) groups is 2. The molecule has 0 N–H and O–H groups in total. The summed E-state index contributed by atoms with van der Waals surface area (Å²) in [6.07, 6.45) is 0.649. The van der Waals surface area contributed by atoms with Crippen molar-refractivity contribution >= 4 is 23.9 Å². The van der Waals surface area contributed by atoms with Gasteiger partial charge in [-0.1, -0.05) is 11.6 Å². The van der Waals surface area contributed by atoms with E-state index in [4.69, 9.17) is 25.8 Å². The summed E-state index contributed by atoms with van der Waals surface area (Å²) >= 11 is 5.78. The van der Waals surface area contributed by atoms with Gasteiger partial charge in [-0.15, -0.1) is 0 Å². The van der Waals surface area contributed by atoms with Crippen LogP contribution in [0, 0.1) is 0 Å². The Labute approximate surface area is 132 Å². The third kappa shape index (κ3) is 3.38. The van der Waals surface area contributed by atoms with E-state index in [2.05, 4.69) is 0 Å². The second-order valence-corrected chi connectivity index (χ2v) is 4.71. The second-order valence-electron chi connectivity index (χ2n) is 4.27. The summed E-state index contributed by atoms with van der Waals surface area (Å²) in [5.41, 5.74) is 0.674. The Morgan fingerprint density at radius 2 is 1.59 bits per heavy atom. The predicted octanol–water partition coefficient (Wildman–Crippen LogP) is 3.39. The average Bonchev–Trinajstić information content (AvgIpc) is 2.55. The van der Waals surface area contributed by atoms with Gasteiger partial charge in [-0.25, -0.2) is 4.79 Å². The Balaban J connectivity index is 2.37. The number of hydrogen-bond acceptors (Lipinski definition) is 5. The number of esters is 1. The van der Waals surface area contributed by atoms with Gasteiger partial charge in [0.2, 0.25) is 5.75 Å². The zero-order chi connectivity index (χ0) is 16.1. The number of ether oxygens (including phenoxy) is 3. The molecule has 0 amide bonds. The lowest BCUT2D eigenvalue weighted by molar-refractivity contribution is 0.0724. The maximum atomic E-state index is 12.2. The molecule has 2 rings (SSSR count). The standard InChI is InChI=1S/C16H13ClO5/c1-20-13-7-10(9-18)8-14(21-2)15(13)22-16(19)11-3-5-12(17)6-4-11/h3-9H,1-2H3. The van der Waals surface area contributed by atoms with Crippen molar-refractivity contribution in [3.8, 4) is 17.2 Å². The van der Waals surface area contributed by atoms with Crippen molar-refractivity contribution in [1.82, 2.24) is 0 Å². The van der Waals surface area contributed by atoms with Crippen molar-refractivity contribution in [3.63, 3.8) is 0 Å². The zero-order valence-corrected chi connectivity index (χ0v) is 12.7. The van der Waals surface area contributed by atoms with Gasteiger partial charge in [0.25, 0.3) is 0 Å². The normalized spacial score (nSPS) is 9.95. The van der Waals surface area contributed by atoms with Crippen LogP contribution in [0.25, 0.3) is 0 Å². The summed E-state index contributed by atoms with van der Waals surface area (Å²) in [6.45, 7) is 0. The first kappa shape index (κ1) is 15.9. The topological polar surface area (TPSA) is 61.8 Å². The predicted molar refractivity (Wildman–Crippen MR) is 81.3 cm³/mol. The second kappa shape index (κ2) is 6.95. The number of carbonyl (C=O) groups excluding carboxylic acids is 2. The molecular weight excluding hydrogens is 308 g/mol. The minimum absolute atomic E-state index is 0.107. The molecule has 0 unspecified atom stereocenters. The lowest BCUT2D eigenvalue weighted by atomic mass is 10.2. The monoisotopic (exact) mass is 320 g/mol. The van der Waals surface area contributed by atoms with Gasteiger partial charge >= 0.3 is 5.97 Å². The summed E-state index contributed by atoms with van der Waals surface area (Å²) < 4.78 is 15.6. The fourth-order valence-corrected chi connectivity index (χ4v) is 1.93. The molecule has 2 aromatic carbocycles. The van der Waals surface area contributed by atoms with E-state index in [1.807, 2.05) is 0 Å². The molecule has 0 bridgehead atoms. The quantitative estimate of drug-likeness (QED) is 0.480. The van der Waals surface area contributed by atoms with Gasteiger partial charge in [-0.3, -0.25) is 4.79 Å². The van der Waals surface area contributed by atoms with Crippen LogP contribution in [-0.4, -0.2) is 26.5 Å². The Morgan fingerprint density at radius 3 is 2.05 bits per heavy atom. The lowest BCUT2D eigenvalue weighted by Gasteiger charge is -2.13. The third-order valence-electron chi connectivity index (χ3n) is 2.89. The first-order chi connectivity index (χ1) is 10.6. The fraction of sp³-hybridized carbons (Fsp3) is 0.125. The van der Waals surface area contributed by atoms with Gasteiger partial charge in [-0.2, -0.15) is 0 Å². The van der Waals surface area contributed by atoms with E-state index < -0.39 is 5.97 Å². The van der Waals surface area contributed by atoms with Crippen LogP contribution in [0.2, 0.25) is 5.02 Å². The Hall–Kier alpha value is -2.53. The SMILES string of the molecule is COc1cc(C=O)cc(OC)c1OC(=O)c1ccc(Cl)cc1. The van der Waals surface area contributed by atoms with Crippen molar-refractivity contribution in [3.05, 3.63) is 52.5 Å². The molecule has 114 valence electrons.